The zero-order valence-corrected chi connectivity index (χ0v) is 15.1. The fourth-order valence-electron chi connectivity index (χ4n) is 4.43. The summed E-state index contributed by atoms with van der Waals surface area (Å²) in [5.41, 5.74) is 3.15. The fraction of sp³-hybridized carbons (Fsp3) is 0.300. The first-order valence-electron chi connectivity index (χ1n) is 9.25. The van der Waals surface area contributed by atoms with Gasteiger partial charge in [0.25, 0.3) is 11.5 Å². The normalized spacial score (nSPS) is 20.5. The highest BCUT2D eigenvalue weighted by atomic mass is 16.2. The van der Waals surface area contributed by atoms with E-state index >= 15 is 0 Å². The van der Waals surface area contributed by atoms with Crippen LogP contribution < -0.4 is 5.56 Å². The molecule has 2 aliphatic rings. The molecular formula is C20H18N6O2. The molecule has 0 aromatic carbocycles. The Kier molecular flexibility index (Phi) is 3.96. The third-order valence-corrected chi connectivity index (χ3v) is 5.53. The van der Waals surface area contributed by atoms with Crippen LogP contribution >= 0.6 is 0 Å². The summed E-state index contributed by atoms with van der Waals surface area (Å²) in [5.74, 6) is 0.211. The van der Waals surface area contributed by atoms with Crippen molar-refractivity contribution >= 4 is 5.91 Å². The smallest absolute Gasteiger partial charge is 0.274 e. The van der Waals surface area contributed by atoms with Gasteiger partial charge in [-0.15, -0.1) is 0 Å². The van der Waals surface area contributed by atoms with Gasteiger partial charge in [-0.3, -0.25) is 14.6 Å². The van der Waals surface area contributed by atoms with E-state index in [2.05, 4.69) is 19.9 Å². The molecule has 8 heteroatoms. The number of aromatic nitrogens is 5. The van der Waals surface area contributed by atoms with Crippen LogP contribution in [-0.4, -0.2) is 48.4 Å². The first kappa shape index (κ1) is 16.7. The van der Waals surface area contributed by atoms with Gasteiger partial charge in [0, 0.05) is 73.2 Å². The van der Waals surface area contributed by atoms with E-state index in [0.717, 1.165) is 23.2 Å². The van der Waals surface area contributed by atoms with E-state index in [9.17, 15) is 9.59 Å². The van der Waals surface area contributed by atoms with E-state index in [1.165, 1.54) is 18.7 Å². The number of carbonyl (C=O) groups is 1. The van der Waals surface area contributed by atoms with Crippen molar-refractivity contribution in [3.05, 3.63) is 71.2 Å². The van der Waals surface area contributed by atoms with Crippen LogP contribution in [0.1, 0.15) is 28.5 Å². The molecule has 5 heterocycles. The van der Waals surface area contributed by atoms with Crippen LogP contribution in [0.5, 0.6) is 0 Å². The maximum Gasteiger partial charge on any atom is 0.274 e. The Bertz CT molecular complexity index is 1080. The molecule has 140 valence electrons. The molecule has 1 fully saturated rings. The summed E-state index contributed by atoms with van der Waals surface area (Å²) in [6.07, 6.45) is 10.5. The van der Waals surface area contributed by atoms with Gasteiger partial charge in [0.15, 0.2) is 0 Å². The zero-order valence-electron chi connectivity index (χ0n) is 15.1. The molecule has 28 heavy (non-hydrogen) atoms. The average molecular weight is 374 g/mol. The Morgan fingerprint density at radius 1 is 1.00 bits per heavy atom. The summed E-state index contributed by atoms with van der Waals surface area (Å²) >= 11 is 0. The Morgan fingerprint density at radius 3 is 2.64 bits per heavy atom. The molecule has 0 spiro atoms. The van der Waals surface area contributed by atoms with Gasteiger partial charge in [0.2, 0.25) is 0 Å². The minimum Gasteiger partial charge on any atom is -0.336 e. The molecule has 5 rings (SSSR count). The van der Waals surface area contributed by atoms with Crippen molar-refractivity contribution < 1.29 is 4.79 Å². The monoisotopic (exact) mass is 374 g/mol. The lowest BCUT2D eigenvalue weighted by Crippen LogP contribution is -2.49. The first-order valence-corrected chi connectivity index (χ1v) is 9.25. The maximum absolute atomic E-state index is 12.9. The van der Waals surface area contributed by atoms with Crippen LogP contribution in [0.25, 0.3) is 11.1 Å². The second kappa shape index (κ2) is 6.63. The van der Waals surface area contributed by atoms with Crippen LogP contribution in [0, 0.1) is 5.92 Å². The summed E-state index contributed by atoms with van der Waals surface area (Å²) < 4.78 is 1.87. The van der Waals surface area contributed by atoms with Crippen LogP contribution in [-0.2, 0) is 6.54 Å². The molecule has 3 aromatic heterocycles. The predicted octanol–water partition coefficient (Wildman–Crippen LogP) is 1.35. The lowest BCUT2D eigenvalue weighted by atomic mass is 9.80. The fourth-order valence-corrected chi connectivity index (χ4v) is 4.43. The standard InChI is InChI=1S/C20H18N6O2/c27-18-2-1-16(15-6-22-12-23-7-15)19-14-5-13(10-26(18)19)9-25(11-14)20(28)17-8-21-3-4-24-17/h1-4,6-8,12-14H,5,9-11H2. The van der Waals surface area contributed by atoms with Crippen molar-refractivity contribution in [3.8, 4) is 11.1 Å². The second-order valence-corrected chi connectivity index (χ2v) is 7.31. The molecule has 0 saturated carbocycles. The van der Waals surface area contributed by atoms with E-state index in [-0.39, 0.29) is 23.3 Å². The molecule has 1 amide bonds. The van der Waals surface area contributed by atoms with Crippen LogP contribution in [0.2, 0.25) is 0 Å². The SMILES string of the molecule is O=C(c1cnccn1)N1CC2CC(C1)c1c(-c3cncnc3)ccc(=O)n1C2. The number of likely N-dealkylation sites (tertiary alicyclic amines) is 1. The molecule has 3 aromatic rings. The second-order valence-electron chi connectivity index (χ2n) is 7.31. The van der Waals surface area contributed by atoms with Gasteiger partial charge in [-0.2, -0.15) is 0 Å². The number of fused-ring (bicyclic) bond motifs is 4. The summed E-state index contributed by atoms with van der Waals surface area (Å²) in [6, 6.07) is 3.45. The Balaban J connectivity index is 1.55. The van der Waals surface area contributed by atoms with Gasteiger partial charge in [0.1, 0.15) is 12.0 Å². The number of carbonyl (C=O) groups excluding carboxylic acids is 1. The number of hydrogen-bond acceptors (Lipinski definition) is 6. The highest BCUT2D eigenvalue weighted by Gasteiger charge is 2.38. The number of nitrogens with zero attached hydrogens (tertiary/aromatic N) is 6. The van der Waals surface area contributed by atoms with Crippen LogP contribution in [0.4, 0.5) is 0 Å². The number of rotatable bonds is 2. The maximum atomic E-state index is 12.9. The van der Waals surface area contributed by atoms with Crippen molar-refractivity contribution in [2.75, 3.05) is 13.1 Å². The number of hydrogen-bond donors (Lipinski definition) is 0. The van der Waals surface area contributed by atoms with E-state index in [0.29, 0.717) is 25.3 Å². The van der Waals surface area contributed by atoms with E-state index in [1.807, 2.05) is 15.5 Å². The van der Waals surface area contributed by atoms with E-state index < -0.39 is 0 Å². The molecule has 0 N–H and O–H groups in total. The predicted molar refractivity (Wildman–Crippen MR) is 101 cm³/mol. The largest absolute Gasteiger partial charge is 0.336 e. The van der Waals surface area contributed by atoms with Crippen LogP contribution in [0.3, 0.4) is 0 Å². The minimum atomic E-state index is -0.112. The number of amides is 1. The summed E-state index contributed by atoms with van der Waals surface area (Å²) in [7, 11) is 0. The number of piperidine rings is 1. The van der Waals surface area contributed by atoms with Crippen molar-refractivity contribution in [2.45, 2.75) is 18.9 Å². The Hall–Kier alpha value is -3.42. The minimum absolute atomic E-state index is 0.000924. The number of pyridine rings is 1. The molecule has 1 saturated heterocycles. The third-order valence-electron chi connectivity index (χ3n) is 5.53. The average Bonchev–Trinajstić information content (AvgIpc) is 2.75. The molecular weight excluding hydrogens is 356 g/mol. The zero-order chi connectivity index (χ0) is 19.1. The topological polar surface area (TPSA) is 93.9 Å². The van der Waals surface area contributed by atoms with Gasteiger partial charge >= 0.3 is 0 Å². The Morgan fingerprint density at radius 2 is 1.86 bits per heavy atom. The molecule has 2 atom stereocenters. The van der Waals surface area contributed by atoms with Gasteiger partial charge in [-0.1, -0.05) is 0 Å². The third kappa shape index (κ3) is 2.77. The molecule has 0 radical (unpaired) electrons. The van der Waals surface area contributed by atoms with Crippen molar-refractivity contribution in [1.29, 1.82) is 0 Å². The molecule has 2 unspecified atom stereocenters. The molecule has 8 nitrogen and oxygen atoms in total. The molecule has 2 bridgehead atoms. The van der Waals surface area contributed by atoms with Gasteiger partial charge in [-0.05, 0) is 18.4 Å². The summed E-state index contributed by atoms with van der Waals surface area (Å²) in [5, 5.41) is 0. The van der Waals surface area contributed by atoms with Gasteiger partial charge in [-0.25, -0.2) is 15.0 Å². The van der Waals surface area contributed by atoms with Crippen molar-refractivity contribution in [3.63, 3.8) is 0 Å². The van der Waals surface area contributed by atoms with E-state index in [4.69, 9.17) is 0 Å². The first-order chi connectivity index (χ1) is 13.7. The van der Waals surface area contributed by atoms with E-state index in [1.54, 1.807) is 24.7 Å². The van der Waals surface area contributed by atoms with Crippen molar-refractivity contribution in [2.24, 2.45) is 5.92 Å². The molecule has 0 aliphatic carbocycles. The van der Waals surface area contributed by atoms with Gasteiger partial charge < -0.3 is 9.47 Å². The highest BCUT2D eigenvalue weighted by Crippen LogP contribution is 2.39. The van der Waals surface area contributed by atoms with Gasteiger partial charge in [0.05, 0.1) is 6.20 Å². The highest BCUT2D eigenvalue weighted by molar-refractivity contribution is 5.92. The quantitative estimate of drug-likeness (QED) is 0.672. The lowest BCUT2D eigenvalue weighted by Gasteiger charge is -2.43. The summed E-state index contributed by atoms with van der Waals surface area (Å²) in [4.78, 5) is 43.7. The summed E-state index contributed by atoms with van der Waals surface area (Å²) in [6.45, 7) is 1.78. The molecule has 2 aliphatic heterocycles. The van der Waals surface area contributed by atoms with Crippen LogP contribution in [0.15, 0.2) is 54.2 Å². The lowest BCUT2D eigenvalue weighted by molar-refractivity contribution is 0.0589. The van der Waals surface area contributed by atoms with Crippen molar-refractivity contribution in [1.82, 2.24) is 29.4 Å². The Labute approximate surface area is 160 Å².